The van der Waals surface area contributed by atoms with Crippen LogP contribution >= 0.6 is 11.6 Å². The first kappa shape index (κ1) is 16.4. The number of hydrogen-bond acceptors (Lipinski definition) is 5. The number of benzene rings is 2. The van der Waals surface area contributed by atoms with Gasteiger partial charge < -0.3 is 15.7 Å². The van der Waals surface area contributed by atoms with Crippen LogP contribution in [0.2, 0.25) is 5.02 Å². The quantitative estimate of drug-likeness (QED) is 0.374. The van der Waals surface area contributed by atoms with Gasteiger partial charge in [0.15, 0.2) is 11.9 Å². The molecule has 0 unspecified atom stereocenters. The molecule has 3 N–H and O–H groups in total. The van der Waals surface area contributed by atoms with Gasteiger partial charge in [-0.15, -0.1) is 0 Å². The molecule has 0 saturated heterocycles. The van der Waals surface area contributed by atoms with E-state index in [4.69, 9.17) is 27.3 Å². The van der Waals surface area contributed by atoms with Gasteiger partial charge in [-0.25, -0.2) is 8.42 Å². The molecule has 9 heteroatoms. The number of ether oxygens (including phenoxy) is 1. The second kappa shape index (κ2) is 6.21. The van der Waals surface area contributed by atoms with E-state index in [9.17, 15) is 8.42 Å². The molecule has 0 fully saturated rings. The maximum Gasteiger partial charge on any atom is 0.264 e. The largest absolute Gasteiger partial charge is 0.478 e. The van der Waals surface area contributed by atoms with Crippen molar-refractivity contribution < 1.29 is 18.4 Å². The summed E-state index contributed by atoms with van der Waals surface area (Å²) in [6.07, 6.45) is -0.896. The van der Waals surface area contributed by atoms with Crippen LogP contribution in [0.5, 0.6) is 5.75 Å². The molecular formula is C15H14ClN3O4S. The van der Waals surface area contributed by atoms with Gasteiger partial charge in [-0.1, -0.05) is 28.9 Å². The number of hydrogen-bond donors (Lipinski definition) is 2. The van der Waals surface area contributed by atoms with Crippen molar-refractivity contribution in [2.75, 3.05) is 10.8 Å². The minimum absolute atomic E-state index is 0.0851. The molecule has 2 aromatic carbocycles. The van der Waals surface area contributed by atoms with Gasteiger partial charge in [0.2, 0.25) is 0 Å². The molecule has 1 atom stereocenters. The molecule has 2 aromatic rings. The summed E-state index contributed by atoms with van der Waals surface area (Å²) in [7, 11) is -3.86. The summed E-state index contributed by atoms with van der Waals surface area (Å²) >= 11 is 5.82. The van der Waals surface area contributed by atoms with Crippen molar-refractivity contribution in [3.8, 4) is 5.75 Å². The Morgan fingerprint density at radius 1 is 1.25 bits per heavy atom. The van der Waals surface area contributed by atoms with E-state index in [1.165, 1.54) is 28.6 Å². The number of nitrogens with zero attached hydrogens (tertiary/aromatic N) is 2. The molecule has 7 nitrogen and oxygen atoms in total. The minimum atomic E-state index is -3.86. The van der Waals surface area contributed by atoms with Gasteiger partial charge in [0.1, 0.15) is 5.75 Å². The third-order valence-electron chi connectivity index (χ3n) is 3.58. The van der Waals surface area contributed by atoms with Crippen molar-refractivity contribution in [2.24, 2.45) is 10.9 Å². The number of halogens is 1. The van der Waals surface area contributed by atoms with Gasteiger partial charge in [0.25, 0.3) is 10.0 Å². The average Bonchev–Trinajstić information content (AvgIpc) is 2.60. The second-order valence-electron chi connectivity index (χ2n) is 5.09. The average molecular weight is 368 g/mol. The number of rotatable bonds is 3. The molecular weight excluding hydrogens is 354 g/mol. The van der Waals surface area contributed by atoms with E-state index < -0.39 is 16.1 Å². The van der Waals surface area contributed by atoms with Crippen LogP contribution in [0, 0.1) is 0 Å². The number of oxime groups is 1. The Bertz CT molecular complexity index is 884. The van der Waals surface area contributed by atoms with E-state index in [1.54, 1.807) is 24.3 Å². The summed E-state index contributed by atoms with van der Waals surface area (Å²) in [6, 6.07) is 12.5. The zero-order valence-corrected chi connectivity index (χ0v) is 13.9. The third-order valence-corrected chi connectivity index (χ3v) is 5.63. The van der Waals surface area contributed by atoms with Gasteiger partial charge in [-0.2, -0.15) is 0 Å². The summed E-state index contributed by atoms with van der Waals surface area (Å²) < 4.78 is 32.8. The Morgan fingerprint density at radius 3 is 2.58 bits per heavy atom. The van der Waals surface area contributed by atoms with Crippen LogP contribution in [0.25, 0.3) is 0 Å². The van der Waals surface area contributed by atoms with Crippen LogP contribution in [0.15, 0.2) is 58.6 Å². The van der Waals surface area contributed by atoms with Crippen molar-refractivity contribution in [1.29, 1.82) is 0 Å². The smallest absolute Gasteiger partial charge is 0.264 e. The van der Waals surface area contributed by atoms with Gasteiger partial charge in [-0.05, 0) is 36.4 Å². The molecule has 0 amide bonds. The molecule has 3 rings (SSSR count). The molecule has 0 aromatic heterocycles. The molecule has 1 heterocycles. The molecule has 24 heavy (non-hydrogen) atoms. The monoisotopic (exact) mass is 367 g/mol. The van der Waals surface area contributed by atoms with E-state index in [2.05, 4.69) is 5.16 Å². The molecule has 1 aliphatic heterocycles. The molecule has 0 aliphatic carbocycles. The zero-order chi connectivity index (χ0) is 17.3. The fourth-order valence-electron chi connectivity index (χ4n) is 2.38. The highest BCUT2D eigenvalue weighted by Crippen LogP contribution is 2.36. The number of fused-ring (bicyclic) bond motifs is 1. The summed E-state index contributed by atoms with van der Waals surface area (Å²) in [5, 5.41) is 12.2. The number of para-hydroxylation sites is 2. The Morgan fingerprint density at radius 2 is 1.92 bits per heavy atom. The molecule has 0 bridgehead atoms. The Kier molecular flexibility index (Phi) is 4.25. The van der Waals surface area contributed by atoms with Crippen LogP contribution in [-0.4, -0.2) is 32.1 Å². The minimum Gasteiger partial charge on any atom is -0.478 e. The highest BCUT2D eigenvalue weighted by atomic mass is 35.5. The first-order chi connectivity index (χ1) is 11.4. The molecule has 1 aliphatic rings. The number of nitrogens with two attached hydrogens (primary N) is 1. The van der Waals surface area contributed by atoms with Crippen LogP contribution in [0.4, 0.5) is 5.69 Å². The lowest BCUT2D eigenvalue weighted by atomic mass is 10.2. The van der Waals surface area contributed by atoms with Gasteiger partial charge in [0.05, 0.1) is 17.1 Å². The Hall–Kier alpha value is -2.45. The van der Waals surface area contributed by atoms with Gasteiger partial charge >= 0.3 is 0 Å². The van der Waals surface area contributed by atoms with E-state index in [1.807, 2.05) is 0 Å². The van der Waals surface area contributed by atoms with E-state index >= 15 is 0 Å². The SMILES string of the molecule is NC(=NO)[C@H]1CN(S(=O)(=O)c2ccc(Cl)cc2)c2ccccc2O1. The van der Waals surface area contributed by atoms with Crippen LogP contribution in [0.1, 0.15) is 0 Å². The molecule has 126 valence electrons. The highest BCUT2D eigenvalue weighted by molar-refractivity contribution is 7.92. The highest BCUT2D eigenvalue weighted by Gasteiger charge is 2.36. The van der Waals surface area contributed by atoms with Crippen LogP contribution in [0.3, 0.4) is 0 Å². The summed E-state index contributed by atoms with van der Waals surface area (Å²) in [5.41, 5.74) is 5.99. The number of sulfonamides is 1. The lowest BCUT2D eigenvalue weighted by Crippen LogP contribution is -2.49. The summed E-state index contributed by atoms with van der Waals surface area (Å²) in [6.45, 7) is -0.113. The fraction of sp³-hybridized carbons (Fsp3) is 0.133. The fourth-order valence-corrected chi connectivity index (χ4v) is 3.98. The lowest BCUT2D eigenvalue weighted by molar-refractivity contribution is 0.247. The maximum absolute atomic E-state index is 13.0. The standard InChI is InChI=1S/C15H14ClN3O4S/c16-10-5-7-11(8-6-10)24(21,22)19-9-14(15(17)18-20)23-13-4-2-1-3-12(13)19/h1-8,14,20H,9H2,(H2,17,18)/t14-/m1/s1. The summed E-state index contributed by atoms with van der Waals surface area (Å²) in [5.74, 6) is 0.124. The first-order valence-corrected chi connectivity index (χ1v) is 8.76. The van der Waals surface area contributed by atoms with Crippen molar-refractivity contribution in [3.05, 3.63) is 53.6 Å². The van der Waals surface area contributed by atoms with Crippen molar-refractivity contribution in [1.82, 2.24) is 0 Å². The third kappa shape index (κ3) is 2.85. The van der Waals surface area contributed by atoms with Crippen molar-refractivity contribution in [2.45, 2.75) is 11.0 Å². The second-order valence-corrected chi connectivity index (χ2v) is 7.39. The van der Waals surface area contributed by atoms with Crippen LogP contribution < -0.4 is 14.8 Å². The molecule has 0 spiro atoms. The van der Waals surface area contributed by atoms with Crippen molar-refractivity contribution in [3.63, 3.8) is 0 Å². The normalized spacial score (nSPS) is 18.0. The molecule has 0 radical (unpaired) electrons. The van der Waals surface area contributed by atoms with Gasteiger partial charge in [-0.3, -0.25) is 4.31 Å². The van der Waals surface area contributed by atoms with Crippen molar-refractivity contribution >= 4 is 33.1 Å². The van der Waals surface area contributed by atoms with Crippen LogP contribution in [-0.2, 0) is 10.0 Å². The lowest BCUT2D eigenvalue weighted by Gasteiger charge is -2.34. The van der Waals surface area contributed by atoms with Gasteiger partial charge in [0, 0.05) is 5.02 Å². The number of anilines is 1. The molecule has 0 saturated carbocycles. The maximum atomic E-state index is 13.0. The first-order valence-electron chi connectivity index (χ1n) is 6.95. The van der Waals surface area contributed by atoms with E-state index in [0.717, 1.165) is 0 Å². The Labute approximate surface area is 143 Å². The van der Waals surface area contributed by atoms with E-state index in [0.29, 0.717) is 16.5 Å². The number of amidine groups is 1. The predicted octanol–water partition coefficient (Wildman–Crippen LogP) is 2.04. The zero-order valence-electron chi connectivity index (χ0n) is 12.3. The topological polar surface area (TPSA) is 105 Å². The van der Waals surface area contributed by atoms with E-state index in [-0.39, 0.29) is 17.3 Å². The summed E-state index contributed by atoms with van der Waals surface area (Å²) in [4.78, 5) is 0.0851. The Balaban J connectivity index is 2.09. The predicted molar refractivity (Wildman–Crippen MR) is 90.3 cm³/mol.